The minimum absolute atomic E-state index is 0.0961. The Morgan fingerprint density at radius 2 is 1.88 bits per heavy atom. The second kappa shape index (κ2) is 10.6. The maximum atomic E-state index is 13.9. The molecule has 1 amide bonds. The number of hydrogen-bond donors (Lipinski definition) is 1. The molecule has 3 rings (SSSR count). The van der Waals surface area contributed by atoms with Crippen molar-refractivity contribution in [1.82, 2.24) is 14.8 Å². The summed E-state index contributed by atoms with van der Waals surface area (Å²) in [5.41, 5.74) is 0.0961. The molecule has 10 heteroatoms. The second-order valence-corrected chi connectivity index (χ2v) is 10.0. The monoisotopic (exact) mass is 474 g/mol. The van der Waals surface area contributed by atoms with Gasteiger partial charge in [-0.15, -0.1) is 16.8 Å². The first-order chi connectivity index (χ1) is 15.4. The van der Waals surface area contributed by atoms with Crippen LogP contribution in [-0.2, 0) is 26.9 Å². The van der Waals surface area contributed by atoms with E-state index in [1.807, 2.05) is 6.92 Å². The fourth-order valence-electron chi connectivity index (χ4n) is 2.93. The largest absolute Gasteiger partial charge is 0.323 e. The summed E-state index contributed by atoms with van der Waals surface area (Å²) in [5.74, 6) is -0.991. The molecule has 0 spiro atoms. The van der Waals surface area contributed by atoms with Crippen molar-refractivity contribution in [3.05, 3.63) is 78.9 Å². The van der Waals surface area contributed by atoms with Crippen LogP contribution in [0.3, 0.4) is 0 Å². The van der Waals surface area contributed by atoms with E-state index in [9.17, 15) is 17.6 Å². The number of para-hydroxylation sites is 1. The summed E-state index contributed by atoms with van der Waals surface area (Å²) < 4.78 is 41.1. The number of allylic oxidation sites excluding steroid dienone is 1. The van der Waals surface area contributed by atoms with Crippen molar-refractivity contribution in [2.75, 3.05) is 5.32 Å². The van der Waals surface area contributed by atoms with Gasteiger partial charge >= 0.3 is 0 Å². The van der Waals surface area contributed by atoms with Crippen molar-refractivity contribution >= 4 is 33.2 Å². The van der Waals surface area contributed by atoms with Crippen LogP contribution >= 0.6 is 11.8 Å². The Hall–Kier alpha value is -2.98. The van der Waals surface area contributed by atoms with Crippen LogP contribution < -0.4 is 5.32 Å². The average Bonchev–Trinajstić information content (AvgIpc) is 3.14. The van der Waals surface area contributed by atoms with Gasteiger partial charge in [-0.3, -0.25) is 4.79 Å². The maximum Gasteiger partial charge on any atom is 0.238 e. The molecule has 1 aromatic heterocycles. The first-order valence-corrected chi connectivity index (χ1v) is 12.4. The number of nitrogens with zero attached hydrogens (tertiary/aromatic N) is 3. The van der Waals surface area contributed by atoms with Crippen LogP contribution in [-0.4, -0.2) is 34.3 Å². The van der Waals surface area contributed by atoms with E-state index in [1.165, 1.54) is 24.3 Å². The second-order valence-electron chi connectivity index (χ2n) is 6.85. The number of carbonyl (C=O) groups excluding carboxylic acids is 1. The number of carbonyl (C=O) groups is 1. The molecular formula is C22H23FN4O3S2. The lowest BCUT2D eigenvalue weighted by Crippen LogP contribution is -2.25. The molecule has 1 N–H and O–H groups in total. The Kier molecular flexibility index (Phi) is 7.81. The number of thioether (sulfide) groups is 1. The molecule has 3 aromatic rings. The van der Waals surface area contributed by atoms with E-state index in [2.05, 4.69) is 22.1 Å². The van der Waals surface area contributed by atoms with Crippen LogP contribution in [0.25, 0.3) is 0 Å². The zero-order chi connectivity index (χ0) is 23.1. The molecule has 168 valence electrons. The molecule has 0 saturated heterocycles. The van der Waals surface area contributed by atoms with Crippen LogP contribution in [0, 0.1) is 5.82 Å². The Morgan fingerprint density at radius 3 is 2.53 bits per heavy atom. The Labute approximate surface area is 190 Å². The Balaban J connectivity index is 1.81. The van der Waals surface area contributed by atoms with Gasteiger partial charge in [-0.2, -0.15) is 0 Å². The van der Waals surface area contributed by atoms with Gasteiger partial charge in [-0.05, 0) is 30.7 Å². The lowest BCUT2D eigenvalue weighted by Gasteiger charge is -2.15. The summed E-state index contributed by atoms with van der Waals surface area (Å²) in [6, 6.07) is 14.0. The fraction of sp³-hybridized carbons (Fsp3) is 0.227. The molecular weight excluding hydrogens is 451 g/mol. The minimum atomic E-state index is -3.62. The van der Waals surface area contributed by atoms with Crippen LogP contribution in [0.1, 0.15) is 19.2 Å². The third-order valence-corrected chi connectivity index (χ3v) is 7.54. The van der Waals surface area contributed by atoms with Crippen molar-refractivity contribution in [1.29, 1.82) is 0 Å². The smallest absolute Gasteiger partial charge is 0.238 e. The van der Waals surface area contributed by atoms with E-state index >= 15 is 0 Å². The zero-order valence-electron chi connectivity index (χ0n) is 17.4. The van der Waals surface area contributed by atoms with Gasteiger partial charge in [-0.1, -0.05) is 55.1 Å². The molecule has 0 bridgehead atoms. The molecule has 2 aromatic carbocycles. The van der Waals surface area contributed by atoms with Crippen molar-refractivity contribution in [3.63, 3.8) is 0 Å². The maximum absolute atomic E-state index is 13.9. The third kappa shape index (κ3) is 5.63. The minimum Gasteiger partial charge on any atom is -0.323 e. The van der Waals surface area contributed by atoms with Gasteiger partial charge in [0.25, 0.3) is 0 Å². The van der Waals surface area contributed by atoms with Crippen LogP contribution in [0.15, 0.2) is 77.3 Å². The SMILES string of the molecule is C=CCn1c(CS(=O)(=O)c2ccccc2)nnc1SC(CC)C(=O)Nc1ccccc1F. The zero-order valence-corrected chi connectivity index (χ0v) is 19.1. The number of anilines is 1. The van der Waals surface area contributed by atoms with E-state index in [4.69, 9.17) is 0 Å². The normalized spacial score (nSPS) is 12.3. The summed E-state index contributed by atoms with van der Waals surface area (Å²) >= 11 is 1.14. The van der Waals surface area contributed by atoms with Crippen LogP contribution in [0.4, 0.5) is 10.1 Å². The van der Waals surface area contributed by atoms with E-state index in [0.29, 0.717) is 11.6 Å². The van der Waals surface area contributed by atoms with E-state index < -0.39 is 20.9 Å². The molecule has 1 heterocycles. The molecule has 32 heavy (non-hydrogen) atoms. The summed E-state index contributed by atoms with van der Waals surface area (Å²) in [4.78, 5) is 12.9. The van der Waals surface area contributed by atoms with Gasteiger partial charge in [0, 0.05) is 6.54 Å². The summed E-state index contributed by atoms with van der Waals surface area (Å²) in [5, 5.41) is 10.6. The summed E-state index contributed by atoms with van der Waals surface area (Å²) in [7, 11) is -3.62. The van der Waals surface area contributed by atoms with Gasteiger partial charge < -0.3 is 9.88 Å². The number of rotatable bonds is 10. The molecule has 0 aliphatic carbocycles. The van der Waals surface area contributed by atoms with E-state index in [1.54, 1.807) is 41.0 Å². The highest BCUT2D eigenvalue weighted by atomic mass is 32.2. The molecule has 0 fully saturated rings. The number of sulfone groups is 1. The molecule has 0 radical (unpaired) electrons. The highest BCUT2D eigenvalue weighted by Gasteiger charge is 2.25. The number of hydrogen-bond acceptors (Lipinski definition) is 6. The number of nitrogens with one attached hydrogen (secondary N) is 1. The molecule has 1 unspecified atom stereocenters. The fourth-order valence-corrected chi connectivity index (χ4v) is 5.21. The molecule has 0 aliphatic heterocycles. The molecule has 1 atom stereocenters. The van der Waals surface area contributed by atoms with E-state index in [0.717, 1.165) is 11.8 Å². The van der Waals surface area contributed by atoms with Gasteiger partial charge in [0.15, 0.2) is 15.0 Å². The predicted octanol–water partition coefficient (Wildman–Crippen LogP) is 4.09. The third-order valence-electron chi connectivity index (χ3n) is 4.57. The highest BCUT2D eigenvalue weighted by molar-refractivity contribution is 8.00. The van der Waals surface area contributed by atoms with Gasteiger partial charge in [0.2, 0.25) is 5.91 Å². The Bertz CT molecular complexity index is 1200. The predicted molar refractivity (Wildman–Crippen MR) is 123 cm³/mol. The van der Waals surface area contributed by atoms with Gasteiger partial charge in [0.1, 0.15) is 17.4 Å². The molecule has 0 aliphatic rings. The first-order valence-electron chi connectivity index (χ1n) is 9.88. The summed E-state index contributed by atoms with van der Waals surface area (Å²) in [6.07, 6.45) is 2.05. The van der Waals surface area contributed by atoms with Crippen molar-refractivity contribution in [2.24, 2.45) is 0 Å². The average molecular weight is 475 g/mol. The lowest BCUT2D eigenvalue weighted by atomic mass is 10.2. The number of amides is 1. The van der Waals surface area contributed by atoms with Crippen molar-refractivity contribution < 1.29 is 17.6 Å². The van der Waals surface area contributed by atoms with E-state index in [-0.39, 0.29) is 34.6 Å². The standard InChI is InChI=1S/C22H23FN4O3S2/c1-3-14-27-20(15-32(29,30)16-10-6-5-7-11-16)25-26-22(27)31-19(4-2)21(28)24-18-13-9-8-12-17(18)23/h3,5-13,19H,1,4,14-15H2,2H3,(H,24,28). The van der Waals surface area contributed by atoms with Crippen molar-refractivity contribution in [2.45, 2.75) is 40.9 Å². The highest BCUT2D eigenvalue weighted by Crippen LogP contribution is 2.27. The molecule has 7 nitrogen and oxygen atoms in total. The lowest BCUT2D eigenvalue weighted by molar-refractivity contribution is -0.115. The topological polar surface area (TPSA) is 93.9 Å². The number of benzene rings is 2. The van der Waals surface area contributed by atoms with Gasteiger partial charge in [0.05, 0.1) is 15.8 Å². The Morgan fingerprint density at radius 1 is 1.19 bits per heavy atom. The first kappa shape index (κ1) is 23.7. The summed E-state index contributed by atoms with van der Waals surface area (Å²) in [6.45, 7) is 5.82. The van der Waals surface area contributed by atoms with Crippen LogP contribution in [0.2, 0.25) is 0 Å². The molecule has 0 saturated carbocycles. The number of halogens is 1. The van der Waals surface area contributed by atoms with Crippen LogP contribution in [0.5, 0.6) is 0 Å². The van der Waals surface area contributed by atoms with Crippen molar-refractivity contribution in [3.8, 4) is 0 Å². The quantitative estimate of drug-likeness (QED) is 0.351. The van der Waals surface area contributed by atoms with Gasteiger partial charge in [-0.25, -0.2) is 12.8 Å². The number of aromatic nitrogens is 3.